The molecule has 5 rings (SSSR count). The van der Waals surface area contributed by atoms with Gasteiger partial charge in [-0.1, -0.05) is 18.2 Å². The van der Waals surface area contributed by atoms with Gasteiger partial charge in [-0.2, -0.15) is 5.10 Å². The molecule has 2 aromatic heterocycles. The molecule has 8 nitrogen and oxygen atoms in total. The number of aromatic nitrogens is 4. The number of ether oxygens (including phenoxy) is 1. The Kier molecular flexibility index (Phi) is 5.60. The smallest absolute Gasteiger partial charge is 0.277 e. The van der Waals surface area contributed by atoms with Crippen LogP contribution in [-0.4, -0.2) is 45.5 Å². The summed E-state index contributed by atoms with van der Waals surface area (Å²) in [6, 6.07) is 15.9. The highest BCUT2D eigenvalue weighted by molar-refractivity contribution is 5.81. The van der Waals surface area contributed by atoms with Gasteiger partial charge in [0.2, 0.25) is 0 Å². The Morgan fingerprint density at radius 1 is 1.12 bits per heavy atom. The minimum atomic E-state index is -0.240. The van der Waals surface area contributed by atoms with Crippen molar-refractivity contribution >= 4 is 16.7 Å². The lowest BCUT2D eigenvalue weighted by Crippen LogP contribution is -2.39. The fourth-order valence-electron chi connectivity index (χ4n) is 4.38. The molecule has 0 saturated carbocycles. The van der Waals surface area contributed by atoms with Crippen molar-refractivity contribution in [3.63, 3.8) is 0 Å². The Morgan fingerprint density at radius 2 is 1.88 bits per heavy atom. The third kappa shape index (κ3) is 3.98. The second-order valence-corrected chi connectivity index (χ2v) is 8.38. The van der Waals surface area contributed by atoms with Gasteiger partial charge < -0.3 is 20.4 Å². The molecule has 3 N–H and O–H groups in total. The number of anilines is 1. The van der Waals surface area contributed by atoms with Crippen LogP contribution in [0.5, 0.6) is 5.75 Å². The van der Waals surface area contributed by atoms with Gasteiger partial charge in [-0.05, 0) is 51.0 Å². The first-order valence-corrected chi connectivity index (χ1v) is 11.4. The molecular weight excluding hydrogens is 416 g/mol. The van der Waals surface area contributed by atoms with E-state index in [1.54, 1.807) is 4.68 Å². The summed E-state index contributed by atoms with van der Waals surface area (Å²) < 4.78 is 7.61. The van der Waals surface area contributed by atoms with Crippen LogP contribution >= 0.6 is 0 Å². The van der Waals surface area contributed by atoms with Crippen molar-refractivity contribution in [1.29, 1.82) is 0 Å². The molecule has 170 valence electrons. The van der Waals surface area contributed by atoms with Gasteiger partial charge in [0.05, 0.1) is 23.6 Å². The summed E-state index contributed by atoms with van der Waals surface area (Å²) in [5.41, 5.74) is 10.2. The normalized spacial score (nSPS) is 14.7. The van der Waals surface area contributed by atoms with E-state index in [0.717, 1.165) is 42.9 Å². The number of fused-ring (bicyclic) bond motifs is 1. The van der Waals surface area contributed by atoms with E-state index in [1.807, 2.05) is 56.3 Å². The highest BCUT2D eigenvalue weighted by Crippen LogP contribution is 2.33. The molecule has 4 aromatic rings. The first-order valence-electron chi connectivity index (χ1n) is 11.4. The van der Waals surface area contributed by atoms with Crippen LogP contribution in [0.1, 0.15) is 25.5 Å². The van der Waals surface area contributed by atoms with E-state index in [9.17, 15) is 4.79 Å². The number of benzene rings is 2. The third-order valence-corrected chi connectivity index (χ3v) is 6.13. The average Bonchev–Trinajstić information content (AvgIpc) is 3.17. The Hall–Kier alpha value is -3.65. The van der Waals surface area contributed by atoms with E-state index in [4.69, 9.17) is 15.5 Å². The van der Waals surface area contributed by atoms with Crippen molar-refractivity contribution < 1.29 is 4.74 Å². The van der Waals surface area contributed by atoms with E-state index in [-0.39, 0.29) is 11.6 Å². The van der Waals surface area contributed by atoms with Crippen LogP contribution in [0.25, 0.3) is 28.1 Å². The van der Waals surface area contributed by atoms with Crippen molar-refractivity contribution in [3.8, 4) is 22.8 Å². The maximum Gasteiger partial charge on any atom is 0.277 e. The predicted octanol–water partition coefficient (Wildman–Crippen LogP) is 3.41. The van der Waals surface area contributed by atoms with Gasteiger partial charge in [-0.25, -0.2) is 9.67 Å². The number of para-hydroxylation sites is 1. The molecule has 0 unspecified atom stereocenters. The number of nitrogens with two attached hydrogens (primary N) is 1. The molecule has 0 spiro atoms. The molecule has 33 heavy (non-hydrogen) atoms. The zero-order valence-electron chi connectivity index (χ0n) is 18.9. The van der Waals surface area contributed by atoms with Crippen LogP contribution in [0.4, 0.5) is 5.69 Å². The van der Waals surface area contributed by atoms with Gasteiger partial charge in [0.15, 0.2) is 5.52 Å². The number of hydrogen-bond acceptors (Lipinski definition) is 6. The summed E-state index contributed by atoms with van der Waals surface area (Å²) in [5.74, 6) is 1.17. The maximum absolute atomic E-state index is 13.2. The van der Waals surface area contributed by atoms with Crippen molar-refractivity contribution in [3.05, 3.63) is 64.6 Å². The Labute approximate surface area is 192 Å². The van der Waals surface area contributed by atoms with E-state index in [0.29, 0.717) is 34.9 Å². The lowest BCUT2D eigenvalue weighted by atomic mass is 10.0. The topological polar surface area (TPSA) is 102 Å². The van der Waals surface area contributed by atoms with E-state index >= 15 is 0 Å². The van der Waals surface area contributed by atoms with Crippen LogP contribution in [-0.2, 0) is 0 Å². The zero-order valence-corrected chi connectivity index (χ0v) is 18.9. The van der Waals surface area contributed by atoms with Crippen molar-refractivity contribution in [2.24, 2.45) is 5.73 Å². The largest absolute Gasteiger partial charge is 0.493 e. The summed E-state index contributed by atoms with van der Waals surface area (Å²) in [5, 5.41) is 4.58. The number of aryl methyl sites for hydroxylation is 1. The van der Waals surface area contributed by atoms with Gasteiger partial charge >= 0.3 is 0 Å². The molecule has 0 atom stereocenters. The summed E-state index contributed by atoms with van der Waals surface area (Å²) >= 11 is 0. The number of nitrogens with one attached hydrogen (secondary N) is 1. The standard InChI is InChI=1S/C25H28N6O2/c1-3-33-21-15-19(30-13-11-17(26)12-14-30)9-10-20(21)24-27-22-16(2)29-31(23(22)25(32)28-24)18-7-5-4-6-8-18/h4-10,15,17H,3,11-14,26H2,1-2H3,(H,27,28,32). The molecule has 1 aliphatic rings. The molecule has 3 heterocycles. The minimum Gasteiger partial charge on any atom is -0.493 e. The number of piperidine rings is 1. The van der Waals surface area contributed by atoms with E-state index < -0.39 is 0 Å². The monoisotopic (exact) mass is 444 g/mol. The number of aromatic amines is 1. The van der Waals surface area contributed by atoms with E-state index in [2.05, 4.69) is 21.0 Å². The highest BCUT2D eigenvalue weighted by atomic mass is 16.5. The van der Waals surface area contributed by atoms with Gasteiger partial charge in [0, 0.05) is 30.9 Å². The number of H-pyrrole nitrogens is 1. The molecule has 0 aliphatic carbocycles. The van der Waals surface area contributed by atoms with E-state index in [1.165, 1.54) is 0 Å². The first kappa shape index (κ1) is 21.2. The molecule has 0 bridgehead atoms. The molecule has 1 saturated heterocycles. The van der Waals surface area contributed by atoms with Gasteiger partial charge in [-0.15, -0.1) is 0 Å². The quantitative estimate of drug-likeness (QED) is 0.489. The average molecular weight is 445 g/mol. The lowest BCUT2D eigenvalue weighted by Gasteiger charge is -2.32. The van der Waals surface area contributed by atoms with Crippen LogP contribution < -0.4 is 20.9 Å². The fraction of sp³-hybridized carbons (Fsp3) is 0.320. The Morgan fingerprint density at radius 3 is 2.61 bits per heavy atom. The van der Waals surface area contributed by atoms with Crippen LogP contribution in [0.2, 0.25) is 0 Å². The second-order valence-electron chi connectivity index (χ2n) is 8.38. The van der Waals surface area contributed by atoms with Gasteiger partial charge in [0.25, 0.3) is 5.56 Å². The first-order chi connectivity index (χ1) is 16.0. The van der Waals surface area contributed by atoms with Crippen molar-refractivity contribution in [2.45, 2.75) is 32.7 Å². The molecule has 1 aliphatic heterocycles. The highest BCUT2D eigenvalue weighted by Gasteiger charge is 2.20. The molecule has 0 amide bonds. The molecule has 2 aromatic carbocycles. The van der Waals surface area contributed by atoms with Crippen LogP contribution in [0, 0.1) is 6.92 Å². The fourth-order valence-corrected chi connectivity index (χ4v) is 4.38. The number of hydrogen-bond donors (Lipinski definition) is 2. The third-order valence-electron chi connectivity index (χ3n) is 6.13. The Bertz CT molecular complexity index is 1340. The molecule has 0 radical (unpaired) electrons. The van der Waals surface area contributed by atoms with Gasteiger partial charge in [-0.3, -0.25) is 4.79 Å². The zero-order chi connectivity index (χ0) is 22.9. The second kappa shape index (κ2) is 8.71. The molecule has 8 heteroatoms. The molecule has 1 fully saturated rings. The SMILES string of the molecule is CCOc1cc(N2CCC(N)CC2)ccc1-c1nc2c(C)nn(-c3ccccc3)c2c(=O)[nH]1. The van der Waals surface area contributed by atoms with Crippen molar-refractivity contribution in [1.82, 2.24) is 19.7 Å². The van der Waals surface area contributed by atoms with Crippen molar-refractivity contribution in [2.75, 3.05) is 24.6 Å². The summed E-state index contributed by atoms with van der Waals surface area (Å²) in [4.78, 5) is 23.3. The predicted molar refractivity (Wildman–Crippen MR) is 130 cm³/mol. The number of nitrogens with zero attached hydrogens (tertiary/aromatic N) is 4. The molecular formula is C25H28N6O2. The summed E-state index contributed by atoms with van der Waals surface area (Å²) in [6.07, 6.45) is 1.95. The van der Waals surface area contributed by atoms with Crippen LogP contribution in [0.15, 0.2) is 53.3 Å². The number of rotatable bonds is 5. The van der Waals surface area contributed by atoms with Crippen LogP contribution in [0.3, 0.4) is 0 Å². The summed E-state index contributed by atoms with van der Waals surface area (Å²) in [7, 11) is 0. The van der Waals surface area contributed by atoms with Gasteiger partial charge in [0.1, 0.15) is 17.1 Å². The maximum atomic E-state index is 13.2. The Balaban J connectivity index is 1.59. The minimum absolute atomic E-state index is 0.240. The lowest BCUT2D eigenvalue weighted by molar-refractivity contribution is 0.341. The summed E-state index contributed by atoms with van der Waals surface area (Å²) in [6.45, 7) is 6.17.